The van der Waals surface area contributed by atoms with Gasteiger partial charge in [-0.05, 0) is 31.5 Å². The summed E-state index contributed by atoms with van der Waals surface area (Å²) in [6, 6.07) is 0.842. The molecule has 1 aliphatic heterocycles. The molecule has 1 unspecified atom stereocenters. The summed E-state index contributed by atoms with van der Waals surface area (Å²) >= 11 is 5.10. The molecule has 1 amide bonds. The van der Waals surface area contributed by atoms with E-state index in [-0.39, 0.29) is 11.9 Å². The molecule has 1 atom stereocenters. The first kappa shape index (κ1) is 9.71. The smallest absolute Gasteiger partial charge is 0.220 e. The molecule has 1 saturated heterocycles. The molecule has 0 aromatic rings. The van der Waals surface area contributed by atoms with Gasteiger partial charge in [-0.1, -0.05) is 0 Å². The quantitative estimate of drug-likeness (QED) is 0.573. The first-order valence-electron chi connectivity index (χ1n) is 5.08. The van der Waals surface area contributed by atoms with Crippen molar-refractivity contribution in [2.24, 2.45) is 0 Å². The number of rotatable bonds is 3. The molecule has 78 valence electrons. The van der Waals surface area contributed by atoms with Gasteiger partial charge in [0, 0.05) is 25.0 Å². The molecular weight excluding hydrogens is 198 g/mol. The van der Waals surface area contributed by atoms with Crippen LogP contribution in [-0.4, -0.2) is 29.6 Å². The predicted molar refractivity (Wildman–Crippen MR) is 57.9 cm³/mol. The van der Waals surface area contributed by atoms with E-state index in [9.17, 15) is 4.79 Å². The van der Waals surface area contributed by atoms with Crippen molar-refractivity contribution in [3.05, 3.63) is 0 Å². The zero-order valence-corrected chi connectivity index (χ0v) is 8.82. The average molecular weight is 213 g/mol. The van der Waals surface area contributed by atoms with Gasteiger partial charge in [0.2, 0.25) is 5.91 Å². The van der Waals surface area contributed by atoms with Gasteiger partial charge < -0.3 is 16.0 Å². The highest BCUT2D eigenvalue weighted by atomic mass is 32.1. The highest BCUT2D eigenvalue weighted by Crippen LogP contribution is 2.18. The third-order valence-corrected chi connectivity index (χ3v) is 2.77. The topological polar surface area (TPSA) is 53.2 Å². The molecule has 0 aromatic heterocycles. The van der Waals surface area contributed by atoms with Gasteiger partial charge in [0.05, 0.1) is 0 Å². The number of carbonyl (C=O) groups excluding carboxylic acids is 1. The molecule has 4 nitrogen and oxygen atoms in total. The second-order valence-electron chi connectivity index (χ2n) is 3.93. The van der Waals surface area contributed by atoms with Crippen molar-refractivity contribution in [1.29, 1.82) is 0 Å². The standard InChI is InChI=1S/C9H15N3OS/c13-8-4-3-7(11-8)5-10-9(14)12-6-1-2-6/h6-7H,1-5H2,(H,11,13)(H2,10,12,14). The molecule has 0 aromatic carbocycles. The van der Waals surface area contributed by atoms with Crippen LogP contribution in [-0.2, 0) is 4.79 Å². The minimum atomic E-state index is 0.151. The summed E-state index contributed by atoms with van der Waals surface area (Å²) < 4.78 is 0. The Labute approximate surface area is 88.8 Å². The Kier molecular flexibility index (Phi) is 2.86. The number of carbonyl (C=O) groups is 1. The Morgan fingerprint density at radius 3 is 2.86 bits per heavy atom. The number of hydrogen-bond acceptors (Lipinski definition) is 2. The predicted octanol–water partition coefficient (Wildman–Crippen LogP) is -0.108. The van der Waals surface area contributed by atoms with Gasteiger partial charge in [0.15, 0.2) is 5.11 Å². The maximum atomic E-state index is 10.9. The van der Waals surface area contributed by atoms with Gasteiger partial charge in [-0.15, -0.1) is 0 Å². The van der Waals surface area contributed by atoms with Crippen LogP contribution in [0.3, 0.4) is 0 Å². The normalized spacial score (nSPS) is 25.7. The van der Waals surface area contributed by atoms with Crippen LogP contribution < -0.4 is 16.0 Å². The van der Waals surface area contributed by atoms with Crippen molar-refractivity contribution in [2.45, 2.75) is 37.8 Å². The summed E-state index contributed by atoms with van der Waals surface area (Å²) in [6.07, 6.45) is 4.01. The maximum Gasteiger partial charge on any atom is 0.220 e. The van der Waals surface area contributed by atoms with E-state index in [0.29, 0.717) is 17.6 Å². The molecule has 5 heteroatoms. The van der Waals surface area contributed by atoms with Gasteiger partial charge in [-0.3, -0.25) is 4.79 Å². The van der Waals surface area contributed by atoms with Crippen molar-refractivity contribution in [2.75, 3.05) is 6.54 Å². The van der Waals surface area contributed by atoms with E-state index in [4.69, 9.17) is 12.2 Å². The minimum absolute atomic E-state index is 0.151. The van der Waals surface area contributed by atoms with Crippen LogP contribution in [0.4, 0.5) is 0 Å². The van der Waals surface area contributed by atoms with Gasteiger partial charge in [0.25, 0.3) is 0 Å². The Balaban J connectivity index is 1.61. The number of hydrogen-bond donors (Lipinski definition) is 3. The van der Waals surface area contributed by atoms with Crippen molar-refractivity contribution < 1.29 is 4.79 Å². The molecule has 1 aliphatic carbocycles. The Morgan fingerprint density at radius 2 is 2.29 bits per heavy atom. The molecule has 2 rings (SSSR count). The fourth-order valence-corrected chi connectivity index (χ4v) is 1.76. The largest absolute Gasteiger partial charge is 0.361 e. The second-order valence-corrected chi connectivity index (χ2v) is 4.34. The van der Waals surface area contributed by atoms with E-state index in [2.05, 4.69) is 16.0 Å². The molecule has 0 radical (unpaired) electrons. The van der Waals surface area contributed by atoms with Gasteiger partial charge in [0.1, 0.15) is 0 Å². The van der Waals surface area contributed by atoms with Crippen LogP contribution >= 0.6 is 12.2 Å². The molecule has 1 heterocycles. The summed E-state index contributed by atoms with van der Waals surface area (Å²) in [7, 11) is 0. The number of thiocarbonyl (C=S) groups is 1. The SMILES string of the molecule is O=C1CCC(CNC(=S)NC2CC2)N1. The molecule has 2 aliphatic rings. The zero-order chi connectivity index (χ0) is 9.97. The van der Waals surface area contributed by atoms with Gasteiger partial charge in [-0.25, -0.2) is 0 Å². The Morgan fingerprint density at radius 1 is 1.50 bits per heavy atom. The Hall–Kier alpha value is -0.840. The molecular formula is C9H15N3OS. The number of amides is 1. The zero-order valence-electron chi connectivity index (χ0n) is 8.01. The van der Waals surface area contributed by atoms with E-state index < -0.39 is 0 Å². The van der Waals surface area contributed by atoms with E-state index in [0.717, 1.165) is 13.0 Å². The van der Waals surface area contributed by atoms with Crippen molar-refractivity contribution in [3.8, 4) is 0 Å². The third kappa shape index (κ3) is 2.83. The fourth-order valence-electron chi connectivity index (χ4n) is 1.51. The van der Waals surface area contributed by atoms with Crippen LogP contribution in [0.2, 0.25) is 0 Å². The van der Waals surface area contributed by atoms with Crippen molar-refractivity contribution in [3.63, 3.8) is 0 Å². The number of nitrogens with one attached hydrogen (secondary N) is 3. The third-order valence-electron chi connectivity index (χ3n) is 2.51. The molecule has 0 spiro atoms. The fraction of sp³-hybridized carbons (Fsp3) is 0.778. The van der Waals surface area contributed by atoms with Gasteiger partial charge >= 0.3 is 0 Å². The van der Waals surface area contributed by atoms with Crippen LogP contribution in [0.5, 0.6) is 0 Å². The first-order chi connectivity index (χ1) is 6.74. The lowest BCUT2D eigenvalue weighted by molar-refractivity contribution is -0.119. The molecule has 3 N–H and O–H groups in total. The highest BCUT2D eigenvalue weighted by Gasteiger charge is 2.23. The summed E-state index contributed by atoms with van der Waals surface area (Å²) in [5.41, 5.74) is 0. The molecule has 1 saturated carbocycles. The lowest BCUT2D eigenvalue weighted by atomic mass is 10.2. The molecule has 0 bridgehead atoms. The summed E-state index contributed by atoms with van der Waals surface area (Å²) in [6.45, 7) is 0.740. The van der Waals surface area contributed by atoms with Crippen LogP contribution in [0.1, 0.15) is 25.7 Å². The second kappa shape index (κ2) is 4.13. The van der Waals surface area contributed by atoms with Crippen molar-refractivity contribution >= 4 is 23.2 Å². The van der Waals surface area contributed by atoms with Crippen molar-refractivity contribution in [1.82, 2.24) is 16.0 Å². The molecule has 2 fully saturated rings. The summed E-state index contributed by atoms with van der Waals surface area (Å²) in [5.74, 6) is 0.151. The van der Waals surface area contributed by atoms with E-state index in [1.165, 1.54) is 12.8 Å². The lowest BCUT2D eigenvalue weighted by Gasteiger charge is -2.13. The molecule has 14 heavy (non-hydrogen) atoms. The summed E-state index contributed by atoms with van der Waals surface area (Å²) in [4.78, 5) is 10.9. The van der Waals surface area contributed by atoms with E-state index >= 15 is 0 Å². The van der Waals surface area contributed by atoms with Gasteiger partial charge in [-0.2, -0.15) is 0 Å². The van der Waals surface area contributed by atoms with E-state index in [1.807, 2.05) is 0 Å². The Bertz CT molecular complexity index is 252. The highest BCUT2D eigenvalue weighted by molar-refractivity contribution is 7.80. The summed E-state index contributed by atoms with van der Waals surface area (Å²) in [5, 5.41) is 9.92. The maximum absolute atomic E-state index is 10.9. The van der Waals surface area contributed by atoms with Crippen LogP contribution in [0.15, 0.2) is 0 Å². The first-order valence-corrected chi connectivity index (χ1v) is 5.48. The van der Waals surface area contributed by atoms with Crippen LogP contribution in [0, 0.1) is 0 Å². The average Bonchev–Trinajstić information content (AvgIpc) is 2.85. The minimum Gasteiger partial charge on any atom is -0.361 e. The monoisotopic (exact) mass is 213 g/mol. The lowest BCUT2D eigenvalue weighted by Crippen LogP contribution is -2.43. The van der Waals surface area contributed by atoms with Crippen LogP contribution in [0.25, 0.3) is 0 Å². The van der Waals surface area contributed by atoms with E-state index in [1.54, 1.807) is 0 Å².